The summed E-state index contributed by atoms with van der Waals surface area (Å²) in [4.78, 5) is 0. The SMILES string of the molecule is CCCCCCCCCCC(OCC)(OCC)C(OCC)(OCC)OS(=O)(=O)O. The second kappa shape index (κ2) is 15.5. The Hall–Kier alpha value is -0.290. The number of unbranched alkanes of at least 4 members (excludes halogenated alkanes) is 7. The first kappa shape index (κ1) is 28.7. The fourth-order valence-electron chi connectivity index (χ4n) is 3.37. The quantitative estimate of drug-likeness (QED) is 0.162. The lowest BCUT2D eigenvalue weighted by atomic mass is 10.0. The summed E-state index contributed by atoms with van der Waals surface area (Å²) in [5, 5.41) is 0. The predicted molar refractivity (Wildman–Crippen MR) is 112 cm³/mol. The van der Waals surface area contributed by atoms with Crippen LogP contribution in [0.3, 0.4) is 0 Å². The normalized spacial score (nSPS) is 13.2. The van der Waals surface area contributed by atoms with Gasteiger partial charge in [-0.3, -0.25) is 4.55 Å². The molecule has 0 aromatic rings. The molecule has 0 bridgehead atoms. The van der Waals surface area contributed by atoms with Crippen LogP contribution in [-0.4, -0.2) is 51.2 Å². The highest BCUT2D eigenvalue weighted by Gasteiger charge is 2.60. The van der Waals surface area contributed by atoms with E-state index in [0.717, 1.165) is 19.3 Å². The highest BCUT2D eigenvalue weighted by atomic mass is 32.3. The molecule has 9 heteroatoms. The van der Waals surface area contributed by atoms with E-state index >= 15 is 0 Å². The Bertz CT molecular complexity index is 483. The van der Waals surface area contributed by atoms with Crippen LogP contribution in [-0.2, 0) is 33.5 Å². The minimum absolute atomic E-state index is 0.0643. The van der Waals surface area contributed by atoms with Gasteiger partial charge in [-0.1, -0.05) is 51.9 Å². The van der Waals surface area contributed by atoms with Gasteiger partial charge in [0.2, 0.25) is 0 Å². The van der Waals surface area contributed by atoms with Crippen molar-refractivity contribution in [3.05, 3.63) is 0 Å². The van der Waals surface area contributed by atoms with Crippen molar-refractivity contribution in [3.8, 4) is 0 Å². The van der Waals surface area contributed by atoms with E-state index < -0.39 is 22.2 Å². The molecule has 0 radical (unpaired) electrons. The maximum atomic E-state index is 11.6. The van der Waals surface area contributed by atoms with Crippen molar-refractivity contribution in [2.45, 2.75) is 104 Å². The van der Waals surface area contributed by atoms with Crippen molar-refractivity contribution in [1.29, 1.82) is 0 Å². The van der Waals surface area contributed by atoms with Gasteiger partial charge in [0.05, 0.1) is 0 Å². The minimum atomic E-state index is -4.90. The third kappa shape index (κ3) is 10.5. The monoisotopic (exact) mass is 442 g/mol. The lowest BCUT2D eigenvalue weighted by molar-refractivity contribution is -0.475. The molecule has 0 saturated carbocycles. The Morgan fingerprint density at radius 3 is 1.45 bits per heavy atom. The van der Waals surface area contributed by atoms with E-state index in [0.29, 0.717) is 12.8 Å². The predicted octanol–water partition coefficient (Wildman–Crippen LogP) is 4.83. The third-order valence-corrected chi connectivity index (χ3v) is 4.89. The molecule has 0 heterocycles. The van der Waals surface area contributed by atoms with Crippen LogP contribution in [0.25, 0.3) is 0 Å². The van der Waals surface area contributed by atoms with Crippen molar-refractivity contribution in [1.82, 2.24) is 0 Å². The molecule has 0 atom stereocenters. The van der Waals surface area contributed by atoms with Gasteiger partial charge in [0.25, 0.3) is 5.79 Å². The molecule has 0 unspecified atom stereocenters. The number of rotatable bonds is 20. The smallest absolute Gasteiger partial charge is 0.344 e. The number of hydrogen-bond donors (Lipinski definition) is 1. The average molecular weight is 443 g/mol. The van der Waals surface area contributed by atoms with Crippen LogP contribution in [0.4, 0.5) is 0 Å². The lowest BCUT2D eigenvalue weighted by Crippen LogP contribution is -2.63. The fraction of sp³-hybridized carbons (Fsp3) is 1.00. The molecule has 0 rings (SSSR count). The number of ether oxygens (including phenoxy) is 4. The first-order valence-corrected chi connectivity index (χ1v) is 12.4. The average Bonchev–Trinajstić information content (AvgIpc) is 2.63. The second-order valence-corrected chi connectivity index (χ2v) is 7.80. The maximum absolute atomic E-state index is 11.6. The lowest BCUT2D eigenvalue weighted by Gasteiger charge is -2.45. The van der Waals surface area contributed by atoms with Gasteiger partial charge in [0.15, 0.2) is 0 Å². The Morgan fingerprint density at radius 1 is 0.655 bits per heavy atom. The van der Waals surface area contributed by atoms with Gasteiger partial charge >= 0.3 is 16.4 Å². The van der Waals surface area contributed by atoms with Crippen molar-refractivity contribution in [3.63, 3.8) is 0 Å². The molecular weight excluding hydrogens is 400 g/mol. The van der Waals surface area contributed by atoms with Gasteiger partial charge < -0.3 is 18.9 Å². The van der Waals surface area contributed by atoms with Crippen molar-refractivity contribution >= 4 is 10.4 Å². The van der Waals surface area contributed by atoms with E-state index in [9.17, 15) is 13.0 Å². The minimum Gasteiger partial charge on any atom is -0.344 e. The molecule has 8 nitrogen and oxygen atoms in total. The highest BCUT2D eigenvalue weighted by Crippen LogP contribution is 2.40. The van der Waals surface area contributed by atoms with E-state index in [2.05, 4.69) is 6.92 Å². The third-order valence-electron chi connectivity index (χ3n) is 4.46. The van der Waals surface area contributed by atoms with E-state index in [1.807, 2.05) is 0 Å². The van der Waals surface area contributed by atoms with Gasteiger partial charge in [-0.05, 0) is 34.1 Å². The van der Waals surface area contributed by atoms with Crippen molar-refractivity contribution in [2.75, 3.05) is 26.4 Å². The van der Waals surface area contributed by atoms with E-state index in [4.69, 9.17) is 23.1 Å². The van der Waals surface area contributed by atoms with E-state index in [1.54, 1.807) is 27.7 Å². The number of hydrogen-bond acceptors (Lipinski definition) is 7. The topological polar surface area (TPSA) is 101 Å². The molecule has 176 valence electrons. The summed E-state index contributed by atoms with van der Waals surface area (Å²) < 4.78 is 60.5. The molecule has 0 aliphatic heterocycles. The molecule has 0 aromatic carbocycles. The van der Waals surface area contributed by atoms with Gasteiger partial charge in [0, 0.05) is 32.8 Å². The zero-order valence-electron chi connectivity index (χ0n) is 18.9. The zero-order chi connectivity index (χ0) is 22.2. The van der Waals surface area contributed by atoms with E-state index in [1.165, 1.54) is 25.7 Å². The first-order chi connectivity index (χ1) is 13.8. The molecule has 0 amide bonds. The molecule has 0 fully saturated rings. The largest absolute Gasteiger partial charge is 0.402 e. The van der Waals surface area contributed by atoms with Crippen LogP contribution >= 0.6 is 0 Å². The summed E-state index contributed by atoms with van der Waals surface area (Å²) >= 11 is 0. The van der Waals surface area contributed by atoms with Gasteiger partial charge in [0.1, 0.15) is 0 Å². The van der Waals surface area contributed by atoms with Crippen molar-refractivity contribution in [2.24, 2.45) is 0 Å². The van der Waals surface area contributed by atoms with Crippen LogP contribution < -0.4 is 0 Å². The molecule has 29 heavy (non-hydrogen) atoms. The molecule has 0 spiro atoms. The highest BCUT2D eigenvalue weighted by molar-refractivity contribution is 7.80. The molecular formula is C20H42O8S. The van der Waals surface area contributed by atoms with Crippen molar-refractivity contribution < 1.29 is 36.1 Å². The first-order valence-electron chi connectivity index (χ1n) is 11.0. The van der Waals surface area contributed by atoms with E-state index in [-0.39, 0.29) is 26.4 Å². The standard InChI is InChI=1S/C20H42O8S/c1-6-11-12-13-14-15-16-17-18-19(24-7-2,25-8-3)20(26-9-4,27-10-5)28-29(21,22)23/h6-18H2,1-5H3,(H,21,22,23). The zero-order valence-corrected chi connectivity index (χ0v) is 19.7. The molecule has 1 N–H and O–H groups in total. The molecule has 0 aliphatic carbocycles. The van der Waals surface area contributed by atoms with Crippen LogP contribution in [0, 0.1) is 0 Å². The second-order valence-electron chi connectivity index (χ2n) is 6.78. The Morgan fingerprint density at radius 2 is 1.07 bits per heavy atom. The fourth-order valence-corrected chi connectivity index (χ4v) is 3.87. The van der Waals surface area contributed by atoms with Gasteiger partial charge in [-0.25, -0.2) is 0 Å². The summed E-state index contributed by atoms with van der Waals surface area (Å²) in [5.74, 6) is -3.88. The summed E-state index contributed by atoms with van der Waals surface area (Å²) in [7, 11) is -4.90. The Kier molecular flexibility index (Phi) is 15.3. The molecule has 0 aromatic heterocycles. The summed E-state index contributed by atoms with van der Waals surface area (Å²) in [5.41, 5.74) is 0. The van der Waals surface area contributed by atoms with Crippen LogP contribution in [0.15, 0.2) is 0 Å². The van der Waals surface area contributed by atoms with Gasteiger partial charge in [-0.2, -0.15) is 12.6 Å². The van der Waals surface area contributed by atoms with Crippen LogP contribution in [0.5, 0.6) is 0 Å². The van der Waals surface area contributed by atoms with Gasteiger partial charge in [-0.15, -0.1) is 0 Å². The summed E-state index contributed by atoms with van der Waals surface area (Å²) in [6.07, 6.45) is 9.07. The van der Waals surface area contributed by atoms with Crippen LogP contribution in [0.1, 0.15) is 92.4 Å². The molecule has 0 aliphatic rings. The molecule has 0 saturated heterocycles. The summed E-state index contributed by atoms with van der Waals surface area (Å²) in [6, 6.07) is 0. The summed E-state index contributed by atoms with van der Waals surface area (Å²) in [6.45, 7) is 9.61. The Labute approximate surface area is 177 Å². The van der Waals surface area contributed by atoms with Crippen LogP contribution in [0.2, 0.25) is 0 Å². The maximum Gasteiger partial charge on any atom is 0.402 e. The Balaban J connectivity index is 5.45.